The van der Waals surface area contributed by atoms with Gasteiger partial charge in [0.2, 0.25) is 4.80 Å². The van der Waals surface area contributed by atoms with E-state index < -0.39 is 0 Å². The third-order valence-corrected chi connectivity index (χ3v) is 5.99. The number of aryl methyl sites for hydroxylation is 1. The van der Waals surface area contributed by atoms with E-state index in [2.05, 4.69) is 58.8 Å². The van der Waals surface area contributed by atoms with Crippen LogP contribution in [0.4, 0.5) is 5.69 Å². The van der Waals surface area contributed by atoms with Crippen LogP contribution in [0.25, 0.3) is 10.6 Å². The predicted molar refractivity (Wildman–Crippen MR) is 109 cm³/mol. The Labute approximate surface area is 157 Å². The van der Waals surface area contributed by atoms with Crippen molar-refractivity contribution in [2.45, 2.75) is 6.92 Å². The molecule has 1 aromatic carbocycles. The molecule has 0 bridgehead atoms. The zero-order chi connectivity index (χ0) is 17.1. The van der Waals surface area contributed by atoms with E-state index in [9.17, 15) is 0 Å². The first-order valence-electron chi connectivity index (χ1n) is 7.72. The van der Waals surface area contributed by atoms with Gasteiger partial charge in [-0.25, -0.2) is 9.67 Å². The van der Waals surface area contributed by atoms with Crippen molar-refractivity contribution in [3.05, 3.63) is 79.9 Å². The molecular formula is C19H15N3S3. The molecule has 0 amide bonds. The summed E-state index contributed by atoms with van der Waals surface area (Å²) in [5.74, 6) is 0. The summed E-state index contributed by atoms with van der Waals surface area (Å²) in [5, 5.41) is 13.0. The summed E-state index contributed by atoms with van der Waals surface area (Å²) in [6, 6.07) is 14.4. The zero-order valence-electron chi connectivity index (χ0n) is 13.5. The number of hydrogen-bond donors (Lipinski definition) is 0. The van der Waals surface area contributed by atoms with Gasteiger partial charge in [0.1, 0.15) is 0 Å². The number of thiazole rings is 1. The third kappa shape index (κ3) is 3.71. The first-order valence-corrected chi connectivity index (χ1v) is 10.4. The van der Waals surface area contributed by atoms with Crippen LogP contribution in [0.1, 0.15) is 11.1 Å². The van der Waals surface area contributed by atoms with Crippen LogP contribution in [0.3, 0.4) is 0 Å². The van der Waals surface area contributed by atoms with Gasteiger partial charge in [0.25, 0.3) is 0 Å². The molecule has 3 heterocycles. The summed E-state index contributed by atoms with van der Waals surface area (Å²) in [7, 11) is 0. The van der Waals surface area contributed by atoms with E-state index in [0.29, 0.717) is 0 Å². The molecule has 0 saturated heterocycles. The molecule has 6 heteroatoms. The molecular weight excluding hydrogens is 366 g/mol. The van der Waals surface area contributed by atoms with Gasteiger partial charge in [0.15, 0.2) is 0 Å². The fraction of sp³-hybridized carbons (Fsp3) is 0.0526. The summed E-state index contributed by atoms with van der Waals surface area (Å²) in [6.45, 7) is 2.08. The van der Waals surface area contributed by atoms with Crippen LogP contribution in [0.15, 0.2) is 74.1 Å². The molecule has 0 N–H and O–H groups in total. The summed E-state index contributed by atoms with van der Waals surface area (Å²) < 4.78 is 1.92. The smallest absolute Gasteiger partial charge is 0.211 e. The standard InChI is InChI=1S/C19H15N3S3/c1-14-4-6-16(7-5-14)21-19-22(20-11-15-8-10-23-12-15)17(13-25-19)18-3-2-9-24-18/h2-13H,1H3. The number of aromatic nitrogens is 1. The number of hydrogen-bond acceptors (Lipinski definition) is 5. The topological polar surface area (TPSA) is 29.6 Å². The highest BCUT2D eigenvalue weighted by atomic mass is 32.1. The maximum atomic E-state index is 4.79. The van der Waals surface area contributed by atoms with Crippen LogP contribution in [0.5, 0.6) is 0 Å². The quantitative estimate of drug-likeness (QED) is 0.402. The molecule has 0 saturated carbocycles. The van der Waals surface area contributed by atoms with Crippen molar-refractivity contribution in [3.8, 4) is 10.6 Å². The van der Waals surface area contributed by atoms with E-state index in [0.717, 1.165) is 21.7 Å². The Kier molecular flexibility index (Phi) is 4.74. The van der Waals surface area contributed by atoms with Gasteiger partial charge in [0.05, 0.1) is 22.5 Å². The highest BCUT2D eigenvalue weighted by Gasteiger charge is 2.08. The maximum Gasteiger partial charge on any atom is 0.211 e. The van der Waals surface area contributed by atoms with E-state index in [4.69, 9.17) is 10.1 Å². The van der Waals surface area contributed by atoms with Crippen molar-refractivity contribution in [1.82, 2.24) is 4.68 Å². The first-order chi connectivity index (χ1) is 12.3. The van der Waals surface area contributed by atoms with Gasteiger partial charge >= 0.3 is 0 Å². The highest BCUT2D eigenvalue weighted by Crippen LogP contribution is 2.25. The number of rotatable bonds is 4. The molecule has 0 atom stereocenters. The molecule has 0 unspecified atom stereocenters. The van der Waals surface area contributed by atoms with Crippen LogP contribution in [-0.4, -0.2) is 10.9 Å². The molecule has 0 spiro atoms. The molecule has 3 nitrogen and oxygen atoms in total. The van der Waals surface area contributed by atoms with Gasteiger partial charge in [-0.05, 0) is 47.3 Å². The lowest BCUT2D eigenvalue weighted by molar-refractivity contribution is 0.856. The molecule has 0 radical (unpaired) electrons. The highest BCUT2D eigenvalue weighted by molar-refractivity contribution is 7.14. The first kappa shape index (κ1) is 16.2. The normalized spacial score (nSPS) is 12.3. The van der Waals surface area contributed by atoms with Crippen molar-refractivity contribution < 1.29 is 0 Å². The van der Waals surface area contributed by atoms with Crippen molar-refractivity contribution in [2.75, 3.05) is 0 Å². The van der Waals surface area contributed by atoms with Crippen LogP contribution < -0.4 is 4.80 Å². The SMILES string of the molecule is Cc1ccc(N=c2scc(-c3cccs3)n2N=Cc2ccsc2)cc1. The van der Waals surface area contributed by atoms with Gasteiger partial charge < -0.3 is 0 Å². The van der Waals surface area contributed by atoms with Crippen molar-refractivity contribution >= 4 is 45.9 Å². The van der Waals surface area contributed by atoms with Gasteiger partial charge in [-0.3, -0.25) is 0 Å². The number of thiophene rings is 2. The third-order valence-electron chi connectivity index (χ3n) is 3.58. The minimum atomic E-state index is 0.860. The monoisotopic (exact) mass is 381 g/mol. The molecule has 4 aromatic rings. The average Bonchev–Trinajstić information content (AvgIpc) is 3.37. The minimum Gasteiger partial charge on any atom is -0.220 e. The molecule has 0 aliphatic carbocycles. The zero-order valence-corrected chi connectivity index (χ0v) is 15.9. The Balaban J connectivity index is 1.82. The lowest BCUT2D eigenvalue weighted by atomic mass is 10.2. The lowest BCUT2D eigenvalue weighted by Crippen LogP contribution is -2.11. The van der Waals surface area contributed by atoms with Gasteiger partial charge in [0, 0.05) is 10.9 Å². The lowest BCUT2D eigenvalue weighted by Gasteiger charge is -2.01. The van der Waals surface area contributed by atoms with E-state index in [-0.39, 0.29) is 0 Å². The molecule has 3 aromatic heterocycles. The fourth-order valence-corrected chi connectivity index (χ4v) is 4.55. The second-order valence-corrected chi connectivity index (χ2v) is 8.01. The number of benzene rings is 1. The summed E-state index contributed by atoms with van der Waals surface area (Å²) in [4.78, 5) is 6.83. The van der Waals surface area contributed by atoms with Crippen LogP contribution in [-0.2, 0) is 0 Å². The molecule has 0 fully saturated rings. The molecule has 124 valence electrons. The van der Waals surface area contributed by atoms with Gasteiger partial charge in [-0.1, -0.05) is 23.8 Å². The molecule has 0 aliphatic rings. The Bertz CT molecular complexity index is 1030. The van der Waals surface area contributed by atoms with Crippen LogP contribution in [0.2, 0.25) is 0 Å². The largest absolute Gasteiger partial charge is 0.220 e. The van der Waals surface area contributed by atoms with Crippen LogP contribution >= 0.6 is 34.0 Å². The van der Waals surface area contributed by atoms with E-state index >= 15 is 0 Å². The van der Waals surface area contributed by atoms with Crippen LogP contribution in [0, 0.1) is 6.92 Å². The second kappa shape index (κ2) is 7.31. The Morgan fingerprint density at radius 3 is 2.56 bits per heavy atom. The number of nitrogens with zero attached hydrogens (tertiary/aromatic N) is 3. The Hall–Kier alpha value is -2.28. The van der Waals surface area contributed by atoms with E-state index in [1.807, 2.05) is 23.0 Å². The van der Waals surface area contributed by atoms with Gasteiger partial charge in [-0.2, -0.15) is 16.4 Å². The summed E-state index contributed by atoms with van der Waals surface area (Å²) in [6.07, 6.45) is 1.88. The van der Waals surface area contributed by atoms with Crippen molar-refractivity contribution in [1.29, 1.82) is 0 Å². The fourth-order valence-electron chi connectivity index (χ4n) is 2.29. The maximum absolute atomic E-state index is 4.79. The van der Waals surface area contributed by atoms with Crippen molar-refractivity contribution in [2.24, 2.45) is 10.1 Å². The van der Waals surface area contributed by atoms with E-state index in [1.54, 1.807) is 34.0 Å². The van der Waals surface area contributed by atoms with E-state index in [1.165, 1.54) is 10.4 Å². The summed E-state index contributed by atoms with van der Waals surface area (Å²) >= 11 is 4.98. The summed E-state index contributed by atoms with van der Waals surface area (Å²) in [5.41, 5.74) is 4.33. The van der Waals surface area contributed by atoms with Crippen molar-refractivity contribution in [3.63, 3.8) is 0 Å². The van der Waals surface area contributed by atoms with Gasteiger partial charge in [-0.15, -0.1) is 22.7 Å². The Morgan fingerprint density at radius 2 is 1.84 bits per heavy atom. The Morgan fingerprint density at radius 1 is 0.960 bits per heavy atom. The molecule has 25 heavy (non-hydrogen) atoms. The average molecular weight is 382 g/mol. The predicted octanol–water partition coefficient (Wildman–Crippen LogP) is 5.76. The molecule has 0 aliphatic heterocycles. The minimum absolute atomic E-state index is 0.860. The second-order valence-electron chi connectivity index (χ2n) is 5.44. The molecule has 4 rings (SSSR count).